The lowest BCUT2D eigenvalue weighted by Gasteiger charge is -2.10. The van der Waals surface area contributed by atoms with Crippen molar-refractivity contribution in [2.75, 3.05) is 0 Å². The molecular formula is C13H11BO3S. The molecule has 0 aliphatic rings. The highest BCUT2D eigenvalue weighted by Gasteiger charge is 2.22. The van der Waals surface area contributed by atoms with Crippen molar-refractivity contribution in [2.24, 2.45) is 5.92 Å². The molecule has 0 bridgehead atoms. The molecule has 1 unspecified atom stereocenters. The van der Waals surface area contributed by atoms with Crippen LogP contribution < -0.4 is 5.46 Å². The lowest BCUT2D eigenvalue weighted by molar-refractivity contribution is -0.141. The Morgan fingerprint density at radius 2 is 2.17 bits per heavy atom. The van der Waals surface area contributed by atoms with Gasteiger partial charge in [-0.1, -0.05) is 24.2 Å². The van der Waals surface area contributed by atoms with Gasteiger partial charge in [-0.05, 0) is 28.8 Å². The fourth-order valence-electron chi connectivity index (χ4n) is 1.83. The zero-order chi connectivity index (χ0) is 13.3. The molecule has 2 aromatic rings. The summed E-state index contributed by atoms with van der Waals surface area (Å²) in [4.78, 5) is 11.0. The normalized spacial score (nSPS) is 12.4. The maximum atomic E-state index is 11.0. The van der Waals surface area contributed by atoms with Gasteiger partial charge in [0.15, 0.2) is 0 Å². The summed E-state index contributed by atoms with van der Waals surface area (Å²) < 4.78 is 1.05. The first-order valence-electron chi connectivity index (χ1n) is 5.35. The van der Waals surface area contributed by atoms with Crippen LogP contribution >= 0.6 is 11.3 Å². The molecular weight excluding hydrogens is 247 g/mol. The van der Waals surface area contributed by atoms with Gasteiger partial charge in [0.1, 0.15) is 13.8 Å². The molecule has 0 fully saturated rings. The number of aliphatic carboxylic acids is 1. The van der Waals surface area contributed by atoms with E-state index in [4.69, 9.17) is 13.0 Å². The number of carbonyl (C=O) groups is 1. The van der Waals surface area contributed by atoms with Crippen molar-refractivity contribution in [1.82, 2.24) is 0 Å². The van der Waals surface area contributed by atoms with Crippen LogP contribution in [0.25, 0.3) is 10.1 Å². The van der Waals surface area contributed by atoms with E-state index < -0.39 is 11.9 Å². The second kappa shape index (κ2) is 4.86. The molecule has 1 aromatic heterocycles. The van der Waals surface area contributed by atoms with Crippen LogP contribution in [0.15, 0.2) is 35.9 Å². The number of benzene rings is 1. The van der Waals surface area contributed by atoms with Crippen LogP contribution in [0.5, 0.6) is 0 Å². The molecule has 2 rings (SSSR count). The second-order valence-electron chi connectivity index (χ2n) is 4.10. The zero-order valence-electron chi connectivity index (χ0n) is 9.59. The Hall–Kier alpha value is -1.75. The van der Waals surface area contributed by atoms with Gasteiger partial charge in [0.05, 0.1) is 5.76 Å². The van der Waals surface area contributed by atoms with Crippen LogP contribution in [-0.2, 0) is 11.2 Å². The van der Waals surface area contributed by atoms with Crippen LogP contribution in [0, 0.1) is 5.92 Å². The first-order valence-corrected chi connectivity index (χ1v) is 6.23. The van der Waals surface area contributed by atoms with E-state index in [-0.39, 0.29) is 12.2 Å². The van der Waals surface area contributed by atoms with Crippen molar-refractivity contribution < 1.29 is 15.0 Å². The van der Waals surface area contributed by atoms with Crippen molar-refractivity contribution in [3.05, 3.63) is 41.5 Å². The Kier molecular flexibility index (Phi) is 3.43. The molecule has 0 spiro atoms. The smallest absolute Gasteiger partial charge is 0.314 e. The molecule has 0 aliphatic heterocycles. The molecule has 5 heteroatoms. The first-order chi connectivity index (χ1) is 8.49. The maximum Gasteiger partial charge on any atom is 0.314 e. The molecule has 90 valence electrons. The minimum atomic E-state index is -1.08. The standard InChI is InChI=1S/C13H11BO3S/c1-7(15)10(13(16)17)4-8-6-18-12-3-2-9(14)5-11(8)12/h2-3,5-6,10,15H,1,4H2,(H,16,17). The largest absolute Gasteiger partial charge is 0.512 e. The monoisotopic (exact) mass is 258 g/mol. The molecule has 18 heavy (non-hydrogen) atoms. The van der Waals surface area contributed by atoms with Crippen molar-refractivity contribution in [3.8, 4) is 0 Å². The first kappa shape index (κ1) is 12.7. The average molecular weight is 258 g/mol. The zero-order valence-corrected chi connectivity index (χ0v) is 10.4. The summed E-state index contributed by atoms with van der Waals surface area (Å²) in [5.74, 6) is -2.39. The summed E-state index contributed by atoms with van der Waals surface area (Å²) in [6.45, 7) is 3.31. The number of aliphatic hydroxyl groups is 1. The molecule has 1 atom stereocenters. The van der Waals surface area contributed by atoms with Crippen molar-refractivity contribution in [1.29, 1.82) is 0 Å². The Labute approximate surface area is 110 Å². The van der Waals surface area contributed by atoms with Gasteiger partial charge >= 0.3 is 5.97 Å². The van der Waals surface area contributed by atoms with Crippen LogP contribution in [-0.4, -0.2) is 24.0 Å². The summed E-state index contributed by atoms with van der Waals surface area (Å²) in [5, 5.41) is 21.2. The molecule has 1 heterocycles. The Morgan fingerprint density at radius 3 is 2.78 bits per heavy atom. The third-order valence-electron chi connectivity index (χ3n) is 2.80. The lowest BCUT2D eigenvalue weighted by atomic mass is 9.92. The fourth-order valence-corrected chi connectivity index (χ4v) is 2.78. The third kappa shape index (κ3) is 2.41. The van der Waals surface area contributed by atoms with Crippen LogP contribution in [0.3, 0.4) is 0 Å². The predicted octanol–water partition coefficient (Wildman–Crippen LogP) is 2.01. The predicted molar refractivity (Wildman–Crippen MR) is 73.8 cm³/mol. The van der Waals surface area contributed by atoms with E-state index in [1.54, 1.807) is 0 Å². The molecule has 0 aliphatic carbocycles. The van der Waals surface area contributed by atoms with Gasteiger partial charge in [0.25, 0.3) is 0 Å². The van der Waals surface area contributed by atoms with Gasteiger partial charge in [0.2, 0.25) is 0 Å². The van der Waals surface area contributed by atoms with Crippen LogP contribution in [0.4, 0.5) is 0 Å². The highest BCUT2D eigenvalue weighted by Crippen LogP contribution is 2.28. The summed E-state index contributed by atoms with van der Waals surface area (Å²) in [5.41, 5.74) is 1.50. The molecule has 0 amide bonds. The number of fused-ring (bicyclic) bond motifs is 1. The second-order valence-corrected chi connectivity index (χ2v) is 5.01. The molecule has 0 saturated carbocycles. The topological polar surface area (TPSA) is 57.5 Å². The van der Waals surface area contributed by atoms with E-state index in [1.807, 2.05) is 23.6 Å². The van der Waals surface area contributed by atoms with Crippen LogP contribution in [0.2, 0.25) is 0 Å². The van der Waals surface area contributed by atoms with E-state index in [0.29, 0.717) is 5.46 Å². The van der Waals surface area contributed by atoms with E-state index in [2.05, 4.69) is 6.58 Å². The summed E-state index contributed by atoms with van der Waals surface area (Å²) in [6, 6.07) is 5.53. The van der Waals surface area contributed by atoms with E-state index in [1.165, 1.54) is 11.3 Å². The quantitative estimate of drug-likeness (QED) is 0.651. The number of carboxylic acid groups (broad SMARTS) is 1. The van der Waals surface area contributed by atoms with Crippen molar-refractivity contribution >= 4 is 40.7 Å². The van der Waals surface area contributed by atoms with E-state index >= 15 is 0 Å². The summed E-state index contributed by atoms with van der Waals surface area (Å²) in [7, 11) is 5.72. The lowest BCUT2D eigenvalue weighted by Crippen LogP contribution is -2.18. The molecule has 1 aromatic carbocycles. The van der Waals surface area contributed by atoms with E-state index in [9.17, 15) is 9.90 Å². The van der Waals surface area contributed by atoms with Crippen LogP contribution in [0.1, 0.15) is 5.56 Å². The van der Waals surface area contributed by atoms with E-state index in [0.717, 1.165) is 15.6 Å². The van der Waals surface area contributed by atoms with Gasteiger partial charge in [-0.15, -0.1) is 11.3 Å². The number of rotatable bonds is 4. The van der Waals surface area contributed by atoms with Gasteiger partial charge in [-0.2, -0.15) is 0 Å². The van der Waals surface area contributed by atoms with Crippen molar-refractivity contribution in [2.45, 2.75) is 6.42 Å². The molecule has 2 N–H and O–H groups in total. The van der Waals surface area contributed by atoms with Gasteiger partial charge in [-0.25, -0.2) is 0 Å². The summed E-state index contributed by atoms with van der Waals surface area (Å²) >= 11 is 1.53. The molecule has 3 nitrogen and oxygen atoms in total. The Morgan fingerprint density at radius 1 is 1.44 bits per heavy atom. The number of hydrogen-bond donors (Lipinski definition) is 2. The SMILES string of the molecule is [B]c1ccc2scc(CC(C(=C)O)C(=O)O)c2c1. The average Bonchev–Trinajstić information content (AvgIpc) is 2.67. The van der Waals surface area contributed by atoms with Gasteiger partial charge < -0.3 is 10.2 Å². The Bertz CT molecular complexity index is 604. The third-order valence-corrected chi connectivity index (χ3v) is 3.81. The van der Waals surface area contributed by atoms with Crippen molar-refractivity contribution in [3.63, 3.8) is 0 Å². The van der Waals surface area contributed by atoms with Gasteiger partial charge in [-0.3, -0.25) is 4.79 Å². The maximum absolute atomic E-state index is 11.0. The number of carboxylic acids is 1. The number of aliphatic hydroxyl groups excluding tert-OH is 1. The fraction of sp³-hybridized carbons (Fsp3) is 0.154. The molecule has 0 saturated heterocycles. The highest BCUT2D eigenvalue weighted by atomic mass is 32.1. The highest BCUT2D eigenvalue weighted by molar-refractivity contribution is 7.17. The number of thiophene rings is 1. The molecule has 2 radical (unpaired) electrons. The summed E-state index contributed by atoms with van der Waals surface area (Å²) in [6.07, 6.45) is 0.216. The minimum Gasteiger partial charge on any atom is -0.512 e. The van der Waals surface area contributed by atoms with Gasteiger partial charge in [0, 0.05) is 4.70 Å². The minimum absolute atomic E-state index is 0.216. The number of hydrogen-bond acceptors (Lipinski definition) is 3. The Balaban J connectivity index is 2.39.